The van der Waals surface area contributed by atoms with E-state index in [2.05, 4.69) is 26.2 Å². The molecule has 0 spiro atoms. The monoisotopic (exact) mass is 341 g/mol. The fourth-order valence-corrected chi connectivity index (χ4v) is 2.32. The Morgan fingerprint density at radius 2 is 2.06 bits per heavy atom. The quantitative estimate of drug-likeness (QED) is 0.855. The second-order valence-corrected chi connectivity index (χ2v) is 5.05. The Morgan fingerprint density at radius 1 is 1.28 bits per heavy atom. The molecular formula is C12H6BrCl2N3. The number of anilines is 2. The molecule has 18 heavy (non-hydrogen) atoms. The molecule has 1 N–H and O–H groups in total. The third kappa shape index (κ3) is 2.75. The first-order valence-corrected chi connectivity index (χ1v) is 6.43. The zero-order valence-electron chi connectivity index (χ0n) is 8.92. The number of hydrogen-bond donors (Lipinski definition) is 1. The molecule has 0 atom stereocenters. The molecule has 0 fully saturated rings. The van der Waals surface area contributed by atoms with Crippen LogP contribution in [0.5, 0.6) is 0 Å². The first-order chi connectivity index (χ1) is 8.61. The Balaban J connectivity index is 2.38. The van der Waals surface area contributed by atoms with Crippen molar-refractivity contribution in [3.05, 3.63) is 50.5 Å². The van der Waals surface area contributed by atoms with Crippen molar-refractivity contribution in [2.75, 3.05) is 5.32 Å². The molecule has 0 aliphatic rings. The Morgan fingerprint density at radius 3 is 2.72 bits per heavy atom. The number of rotatable bonds is 2. The van der Waals surface area contributed by atoms with Gasteiger partial charge in [-0.2, -0.15) is 5.26 Å². The molecule has 0 saturated heterocycles. The smallest absolute Gasteiger partial charge is 0.150 e. The topological polar surface area (TPSA) is 48.7 Å². The van der Waals surface area contributed by atoms with Gasteiger partial charge < -0.3 is 5.32 Å². The second kappa shape index (κ2) is 5.57. The highest BCUT2D eigenvalue weighted by Gasteiger charge is 2.09. The molecule has 0 saturated carbocycles. The summed E-state index contributed by atoms with van der Waals surface area (Å²) in [7, 11) is 0. The predicted octanol–water partition coefficient (Wildman–Crippen LogP) is 4.77. The van der Waals surface area contributed by atoms with Crippen LogP contribution in [0.1, 0.15) is 5.56 Å². The van der Waals surface area contributed by atoms with Crippen LogP contribution >= 0.6 is 39.1 Å². The maximum atomic E-state index is 8.88. The van der Waals surface area contributed by atoms with Crippen molar-refractivity contribution < 1.29 is 0 Å². The summed E-state index contributed by atoms with van der Waals surface area (Å²) < 4.78 is 0.787. The van der Waals surface area contributed by atoms with E-state index in [1.807, 2.05) is 6.07 Å². The Hall–Kier alpha value is -1.28. The SMILES string of the molecule is N#Cc1ccnc(Nc2ccc(Cl)cc2Br)c1Cl. The number of nitrogens with one attached hydrogen (secondary N) is 1. The lowest BCUT2D eigenvalue weighted by molar-refractivity contribution is 1.29. The van der Waals surface area contributed by atoms with Crippen LogP contribution in [0.15, 0.2) is 34.9 Å². The largest absolute Gasteiger partial charge is 0.338 e. The van der Waals surface area contributed by atoms with Gasteiger partial charge in [-0.3, -0.25) is 0 Å². The van der Waals surface area contributed by atoms with E-state index in [9.17, 15) is 0 Å². The summed E-state index contributed by atoms with van der Waals surface area (Å²) in [5, 5.41) is 12.8. The third-order valence-electron chi connectivity index (χ3n) is 2.19. The maximum absolute atomic E-state index is 8.88. The average Bonchev–Trinajstić information content (AvgIpc) is 2.35. The molecular weight excluding hydrogens is 337 g/mol. The molecule has 2 aromatic rings. The number of pyridine rings is 1. The van der Waals surface area contributed by atoms with Gasteiger partial charge in [0.15, 0.2) is 5.82 Å². The molecule has 1 heterocycles. The van der Waals surface area contributed by atoms with Crippen LogP contribution in [0.3, 0.4) is 0 Å². The Bertz CT molecular complexity index is 638. The number of benzene rings is 1. The lowest BCUT2D eigenvalue weighted by Gasteiger charge is -2.09. The maximum Gasteiger partial charge on any atom is 0.150 e. The first-order valence-electron chi connectivity index (χ1n) is 4.88. The van der Waals surface area contributed by atoms with Gasteiger partial charge in [0.1, 0.15) is 11.1 Å². The second-order valence-electron chi connectivity index (χ2n) is 3.38. The predicted molar refractivity (Wildman–Crippen MR) is 76.4 cm³/mol. The molecule has 0 radical (unpaired) electrons. The number of nitrogens with zero attached hydrogens (tertiary/aromatic N) is 2. The minimum Gasteiger partial charge on any atom is -0.338 e. The molecule has 0 bridgehead atoms. The van der Waals surface area contributed by atoms with Crippen molar-refractivity contribution in [2.24, 2.45) is 0 Å². The summed E-state index contributed by atoms with van der Waals surface area (Å²) in [5.41, 5.74) is 1.14. The van der Waals surface area contributed by atoms with E-state index in [-0.39, 0.29) is 0 Å². The van der Waals surface area contributed by atoms with Gasteiger partial charge in [0.05, 0.1) is 11.3 Å². The average molecular weight is 343 g/mol. The number of hydrogen-bond acceptors (Lipinski definition) is 3. The summed E-state index contributed by atoms with van der Waals surface area (Å²) >= 11 is 15.3. The zero-order chi connectivity index (χ0) is 13.1. The zero-order valence-corrected chi connectivity index (χ0v) is 12.0. The van der Waals surface area contributed by atoms with E-state index in [1.54, 1.807) is 24.3 Å². The third-order valence-corrected chi connectivity index (χ3v) is 3.47. The normalized spacial score (nSPS) is 9.89. The Kier molecular flexibility index (Phi) is 4.07. The summed E-state index contributed by atoms with van der Waals surface area (Å²) in [6.45, 7) is 0. The highest BCUT2D eigenvalue weighted by molar-refractivity contribution is 9.10. The van der Waals surface area contributed by atoms with Crippen molar-refractivity contribution in [3.8, 4) is 6.07 Å². The van der Waals surface area contributed by atoms with Crippen molar-refractivity contribution in [1.82, 2.24) is 4.98 Å². The van der Waals surface area contributed by atoms with Gasteiger partial charge in [0, 0.05) is 15.7 Å². The summed E-state index contributed by atoms with van der Waals surface area (Å²) in [4.78, 5) is 4.10. The van der Waals surface area contributed by atoms with Gasteiger partial charge in [0.2, 0.25) is 0 Å². The molecule has 0 amide bonds. The molecule has 1 aromatic carbocycles. The molecule has 0 aliphatic heterocycles. The summed E-state index contributed by atoms with van der Waals surface area (Å²) in [5.74, 6) is 0.429. The van der Waals surface area contributed by atoms with Gasteiger partial charge in [0.25, 0.3) is 0 Å². The van der Waals surface area contributed by atoms with Gasteiger partial charge in [-0.05, 0) is 40.2 Å². The van der Waals surface area contributed by atoms with Crippen molar-refractivity contribution in [2.45, 2.75) is 0 Å². The van der Waals surface area contributed by atoms with Crippen LogP contribution in [0.4, 0.5) is 11.5 Å². The van der Waals surface area contributed by atoms with Crippen LogP contribution in [-0.4, -0.2) is 4.98 Å². The van der Waals surface area contributed by atoms with Gasteiger partial charge in [-0.15, -0.1) is 0 Å². The highest BCUT2D eigenvalue weighted by Crippen LogP contribution is 2.31. The van der Waals surface area contributed by atoms with Crippen molar-refractivity contribution >= 4 is 50.6 Å². The Labute approximate surface area is 122 Å². The number of aromatic nitrogens is 1. The van der Waals surface area contributed by atoms with Crippen LogP contribution in [0.25, 0.3) is 0 Å². The lowest BCUT2D eigenvalue weighted by Crippen LogP contribution is -1.96. The summed E-state index contributed by atoms with van der Waals surface area (Å²) in [6.07, 6.45) is 1.52. The molecule has 0 aliphatic carbocycles. The fraction of sp³-hybridized carbons (Fsp3) is 0. The van der Waals surface area contributed by atoms with Gasteiger partial charge in [-0.1, -0.05) is 23.2 Å². The van der Waals surface area contributed by atoms with E-state index >= 15 is 0 Å². The van der Waals surface area contributed by atoms with E-state index in [4.69, 9.17) is 28.5 Å². The first kappa shape index (κ1) is 13.2. The van der Waals surface area contributed by atoms with E-state index in [0.717, 1.165) is 10.2 Å². The van der Waals surface area contributed by atoms with Crippen molar-refractivity contribution in [1.29, 1.82) is 5.26 Å². The number of halogens is 3. The summed E-state index contributed by atoms with van der Waals surface area (Å²) in [6, 6.07) is 8.86. The standard InChI is InChI=1S/C12H6BrCl2N3/c13-9-5-8(14)1-2-10(9)18-12-11(15)7(6-16)3-4-17-12/h1-5H,(H,17,18). The van der Waals surface area contributed by atoms with Crippen LogP contribution in [-0.2, 0) is 0 Å². The van der Waals surface area contributed by atoms with E-state index in [1.165, 1.54) is 6.20 Å². The lowest BCUT2D eigenvalue weighted by atomic mass is 10.2. The molecule has 2 rings (SSSR count). The van der Waals surface area contributed by atoms with Crippen LogP contribution in [0.2, 0.25) is 10.0 Å². The van der Waals surface area contributed by atoms with Gasteiger partial charge in [-0.25, -0.2) is 4.98 Å². The molecule has 6 heteroatoms. The van der Waals surface area contributed by atoms with Crippen LogP contribution in [0, 0.1) is 11.3 Å². The molecule has 90 valence electrons. The minimum absolute atomic E-state index is 0.293. The van der Waals surface area contributed by atoms with Crippen molar-refractivity contribution in [3.63, 3.8) is 0 Å². The highest BCUT2D eigenvalue weighted by atomic mass is 79.9. The van der Waals surface area contributed by atoms with E-state index in [0.29, 0.717) is 21.4 Å². The van der Waals surface area contributed by atoms with Gasteiger partial charge >= 0.3 is 0 Å². The minimum atomic E-state index is 0.293. The van der Waals surface area contributed by atoms with Crippen LogP contribution < -0.4 is 5.32 Å². The molecule has 3 nitrogen and oxygen atoms in total. The fourth-order valence-electron chi connectivity index (χ4n) is 1.34. The molecule has 1 aromatic heterocycles. The number of nitriles is 1. The van der Waals surface area contributed by atoms with E-state index < -0.39 is 0 Å². The molecule has 0 unspecified atom stereocenters.